The first kappa shape index (κ1) is 14.1. The lowest BCUT2D eigenvalue weighted by atomic mass is 9.80. The Bertz CT molecular complexity index is 718. The van der Waals surface area contributed by atoms with Gasteiger partial charge in [0.25, 0.3) is 0 Å². The Labute approximate surface area is 134 Å². The van der Waals surface area contributed by atoms with Crippen molar-refractivity contribution in [3.63, 3.8) is 0 Å². The summed E-state index contributed by atoms with van der Waals surface area (Å²) in [6.07, 6.45) is 9.51. The number of piperidine rings is 1. The number of nitrogens with one attached hydrogen (secondary N) is 3. The van der Waals surface area contributed by atoms with Gasteiger partial charge in [0.1, 0.15) is 5.65 Å². The van der Waals surface area contributed by atoms with Crippen LogP contribution in [0.15, 0.2) is 18.5 Å². The van der Waals surface area contributed by atoms with Crippen LogP contribution in [-0.4, -0.2) is 46.4 Å². The SMILES string of the molecule is CSC(=N)c1c[nH]c2nccc(N3CCCC4(CCN4)C3)c12. The third-order valence-corrected chi connectivity index (χ3v) is 5.65. The first-order valence-corrected chi connectivity index (χ1v) is 9.04. The number of pyridine rings is 1. The van der Waals surface area contributed by atoms with E-state index in [9.17, 15) is 0 Å². The van der Waals surface area contributed by atoms with Crippen LogP contribution in [0.3, 0.4) is 0 Å². The fourth-order valence-corrected chi connectivity index (χ4v) is 4.14. The van der Waals surface area contributed by atoms with Crippen LogP contribution >= 0.6 is 11.8 Å². The van der Waals surface area contributed by atoms with Crippen molar-refractivity contribution in [1.82, 2.24) is 15.3 Å². The average Bonchev–Trinajstić information content (AvgIpc) is 2.97. The Morgan fingerprint density at radius 1 is 1.45 bits per heavy atom. The van der Waals surface area contributed by atoms with Crippen LogP contribution in [0, 0.1) is 5.41 Å². The molecule has 2 aromatic heterocycles. The second-order valence-electron chi connectivity index (χ2n) is 6.27. The normalized spacial score (nSPS) is 24.7. The first-order valence-electron chi connectivity index (χ1n) is 7.81. The molecule has 1 unspecified atom stereocenters. The van der Waals surface area contributed by atoms with Crippen molar-refractivity contribution in [3.8, 4) is 0 Å². The molecule has 0 aromatic carbocycles. The molecule has 3 N–H and O–H groups in total. The van der Waals surface area contributed by atoms with Crippen LogP contribution in [0.1, 0.15) is 24.8 Å². The van der Waals surface area contributed by atoms with E-state index in [4.69, 9.17) is 5.41 Å². The van der Waals surface area contributed by atoms with Gasteiger partial charge in [0.15, 0.2) is 0 Å². The Hall–Kier alpha value is -1.53. The van der Waals surface area contributed by atoms with Crippen molar-refractivity contribution in [2.45, 2.75) is 24.8 Å². The Kier molecular flexibility index (Phi) is 3.38. The van der Waals surface area contributed by atoms with E-state index in [2.05, 4.69) is 26.3 Å². The van der Waals surface area contributed by atoms with Gasteiger partial charge >= 0.3 is 0 Å². The number of H-pyrrole nitrogens is 1. The third kappa shape index (κ3) is 2.13. The van der Waals surface area contributed by atoms with Crippen molar-refractivity contribution >= 4 is 33.5 Å². The molecular weight excluding hydrogens is 294 g/mol. The highest BCUT2D eigenvalue weighted by Gasteiger charge is 2.40. The zero-order valence-electron chi connectivity index (χ0n) is 12.8. The van der Waals surface area contributed by atoms with Crippen molar-refractivity contribution in [3.05, 3.63) is 24.0 Å². The molecule has 6 heteroatoms. The predicted octanol–water partition coefficient (Wildman–Crippen LogP) is 2.58. The van der Waals surface area contributed by atoms with Crippen LogP contribution in [0.4, 0.5) is 5.69 Å². The minimum absolute atomic E-state index is 0.317. The topological polar surface area (TPSA) is 67.8 Å². The van der Waals surface area contributed by atoms with Crippen LogP contribution in [0.25, 0.3) is 11.0 Å². The van der Waals surface area contributed by atoms with Gasteiger partial charge in [-0.2, -0.15) is 0 Å². The number of aromatic nitrogens is 2. The molecule has 5 nitrogen and oxygen atoms in total. The quantitative estimate of drug-likeness (QED) is 0.588. The van der Waals surface area contributed by atoms with Gasteiger partial charge in [-0.05, 0) is 38.1 Å². The van der Waals surface area contributed by atoms with Gasteiger partial charge in [-0.25, -0.2) is 4.98 Å². The van der Waals surface area contributed by atoms with E-state index in [1.807, 2.05) is 18.6 Å². The molecule has 4 rings (SSSR count). The lowest BCUT2D eigenvalue weighted by Gasteiger charge is -2.50. The Balaban J connectivity index is 1.77. The lowest BCUT2D eigenvalue weighted by Crippen LogP contribution is -2.65. The summed E-state index contributed by atoms with van der Waals surface area (Å²) < 4.78 is 0. The van der Waals surface area contributed by atoms with Crippen molar-refractivity contribution in [2.75, 3.05) is 30.8 Å². The summed E-state index contributed by atoms with van der Waals surface area (Å²) in [7, 11) is 0. The number of nitrogens with zero attached hydrogens (tertiary/aromatic N) is 2. The molecule has 22 heavy (non-hydrogen) atoms. The summed E-state index contributed by atoms with van der Waals surface area (Å²) in [5.74, 6) is 0. The maximum atomic E-state index is 8.20. The fraction of sp³-hybridized carbons (Fsp3) is 0.500. The molecule has 0 bridgehead atoms. The zero-order valence-corrected chi connectivity index (χ0v) is 13.6. The zero-order chi connectivity index (χ0) is 15.2. The van der Waals surface area contributed by atoms with Crippen molar-refractivity contribution in [1.29, 1.82) is 5.41 Å². The van der Waals surface area contributed by atoms with Crippen molar-refractivity contribution in [2.24, 2.45) is 0 Å². The molecule has 2 saturated heterocycles. The summed E-state index contributed by atoms with van der Waals surface area (Å²) in [5.41, 5.74) is 3.38. The number of hydrogen-bond acceptors (Lipinski definition) is 5. The van der Waals surface area contributed by atoms with Gasteiger partial charge in [0.2, 0.25) is 0 Å². The molecule has 0 radical (unpaired) electrons. The van der Waals surface area contributed by atoms with E-state index in [0.717, 1.165) is 36.2 Å². The second kappa shape index (κ2) is 5.28. The molecule has 2 fully saturated rings. The molecule has 4 heterocycles. The molecule has 1 atom stereocenters. The van der Waals surface area contributed by atoms with Gasteiger partial charge < -0.3 is 15.2 Å². The minimum Gasteiger partial charge on any atom is -0.369 e. The molecule has 0 saturated carbocycles. The summed E-state index contributed by atoms with van der Waals surface area (Å²) in [6.45, 7) is 3.29. The molecule has 116 valence electrons. The van der Waals surface area contributed by atoms with Gasteiger partial charge in [-0.3, -0.25) is 5.41 Å². The van der Waals surface area contributed by atoms with Gasteiger partial charge in [0.05, 0.1) is 16.1 Å². The van der Waals surface area contributed by atoms with E-state index in [0.29, 0.717) is 10.6 Å². The molecule has 0 aliphatic carbocycles. The number of thioether (sulfide) groups is 1. The largest absolute Gasteiger partial charge is 0.369 e. The number of hydrogen-bond donors (Lipinski definition) is 3. The van der Waals surface area contributed by atoms with E-state index in [1.165, 1.54) is 36.7 Å². The van der Waals surface area contributed by atoms with Crippen LogP contribution in [-0.2, 0) is 0 Å². The van der Waals surface area contributed by atoms with Crippen molar-refractivity contribution < 1.29 is 0 Å². The number of aromatic amines is 1. The van der Waals surface area contributed by atoms with E-state index in [-0.39, 0.29) is 0 Å². The Morgan fingerprint density at radius 3 is 3.05 bits per heavy atom. The number of anilines is 1. The standard InChI is InChI=1S/C16H21N5S/c1-22-14(17)11-9-19-15-13(11)12(3-6-18-15)21-8-2-4-16(10-21)5-7-20-16/h3,6,9,17,20H,2,4-5,7-8,10H2,1H3,(H,18,19). The fourth-order valence-electron chi connectivity index (χ4n) is 3.76. The maximum absolute atomic E-state index is 8.20. The second-order valence-corrected chi connectivity index (χ2v) is 7.09. The Morgan fingerprint density at radius 2 is 2.32 bits per heavy atom. The maximum Gasteiger partial charge on any atom is 0.140 e. The average molecular weight is 315 g/mol. The van der Waals surface area contributed by atoms with Crippen LogP contribution < -0.4 is 10.2 Å². The summed E-state index contributed by atoms with van der Waals surface area (Å²) in [6, 6.07) is 2.10. The highest BCUT2D eigenvalue weighted by molar-refractivity contribution is 8.13. The van der Waals surface area contributed by atoms with E-state index >= 15 is 0 Å². The third-order valence-electron chi connectivity index (χ3n) is 5.02. The van der Waals surface area contributed by atoms with Gasteiger partial charge in [0, 0.05) is 36.6 Å². The summed E-state index contributed by atoms with van der Waals surface area (Å²) in [4.78, 5) is 10.1. The molecule has 2 aliphatic heterocycles. The van der Waals surface area contributed by atoms with Gasteiger partial charge in [-0.15, -0.1) is 11.8 Å². The first-order chi connectivity index (χ1) is 10.7. The molecule has 2 aliphatic rings. The molecule has 0 amide bonds. The number of fused-ring (bicyclic) bond motifs is 1. The monoisotopic (exact) mass is 315 g/mol. The summed E-state index contributed by atoms with van der Waals surface area (Å²) in [5, 5.41) is 13.5. The van der Waals surface area contributed by atoms with Crippen LogP contribution in [0.5, 0.6) is 0 Å². The predicted molar refractivity (Wildman–Crippen MR) is 93.2 cm³/mol. The minimum atomic E-state index is 0.317. The molecule has 2 aromatic rings. The van der Waals surface area contributed by atoms with Crippen LogP contribution in [0.2, 0.25) is 0 Å². The highest BCUT2D eigenvalue weighted by Crippen LogP contribution is 2.36. The van der Waals surface area contributed by atoms with E-state index < -0.39 is 0 Å². The number of rotatable bonds is 2. The van der Waals surface area contributed by atoms with E-state index in [1.54, 1.807) is 0 Å². The highest BCUT2D eigenvalue weighted by atomic mass is 32.2. The molecule has 1 spiro atoms. The summed E-state index contributed by atoms with van der Waals surface area (Å²) >= 11 is 1.47. The smallest absolute Gasteiger partial charge is 0.140 e. The van der Waals surface area contributed by atoms with Gasteiger partial charge in [-0.1, -0.05) is 0 Å². The lowest BCUT2D eigenvalue weighted by molar-refractivity contribution is 0.175. The molecular formula is C16H21N5S.